The highest BCUT2D eigenvalue weighted by atomic mass is 35.5. The van der Waals surface area contributed by atoms with Crippen LogP contribution in [0, 0.1) is 0 Å². The lowest BCUT2D eigenvalue weighted by atomic mass is 10.1. The summed E-state index contributed by atoms with van der Waals surface area (Å²) < 4.78 is 5.53. The Labute approximate surface area is 166 Å². The first kappa shape index (κ1) is 20.2. The van der Waals surface area contributed by atoms with Crippen molar-refractivity contribution >= 4 is 57.9 Å². The highest BCUT2D eigenvalue weighted by Gasteiger charge is 2.17. The second-order valence-electron chi connectivity index (χ2n) is 5.41. The van der Waals surface area contributed by atoms with E-state index in [0.717, 1.165) is 0 Å². The highest BCUT2D eigenvalue weighted by Crippen LogP contribution is 2.28. The van der Waals surface area contributed by atoms with E-state index in [1.54, 1.807) is 43.3 Å². The molecule has 1 amide bonds. The number of carbonyl (C=O) groups excluding carboxylic acids is 2. The molecule has 2 aromatic carbocycles. The predicted octanol–water partition coefficient (Wildman–Crippen LogP) is 4.48. The SMILES string of the molecule is CC(=O)c1ccc(NC(=S)NC(=O)C(C)Oc2ccc(Cl)cc2Cl)cc1. The number of Topliss-reactive ketones (excluding diaryl/α,β-unsaturated/α-hetero) is 1. The maximum Gasteiger partial charge on any atom is 0.266 e. The number of rotatable bonds is 5. The minimum Gasteiger partial charge on any atom is -0.479 e. The third-order valence-corrected chi connectivity index (χ3v) is 4.09. The molecule has 5 nitrogen and oxygen atoms in total. The van der Waals surface area contributed by atoms with Crippen molar-refractivity contribution in [3.8, 4) is 5.75 Å². The molecule has 0 spiro atoms. The quantitative estimate of drug-likeness (QED) is 0.561. The summed E-state index contributed by atoms with van der Waals surface area (Å²) in [6.07, 6.45) is -0.825. The monoisotopic (exact) mass is 410 g/mol. The van der Waals surface area contributed by atoms with Gasteiger partial charge in [-0.1, -0.05) is 23.2 Å². The number of halogens is 2. The van der Waals surface area contributed by atoms with Crippen molar-refractivity contribution in [1.29, 1.82) is 0 Å². The van der Waals surface area contributed by atoms with E-state index in [-0.39, 0.29) is 10.9 Å². The number of carbonyl (C=O) groups is 2. The summed E-state index contributed by atoms with van der Waals surface area (Å²) in [6, 6.07) is 11.5. The Morgan fingerprint density at radius 2 is 1.77 bits per heavy atom. The number of anilines is 1. The summed E-state index contributed by atoms with van der Waals surface area (Å²) in [5.41, 5.74) is 1.24. The molecule has 0 saturated carbocycles. The van der Waals surface area contributed by atoms with Gasteiger partial charge in [-0.05, 0) is 68.5 Å². The van der Waals surface area contributed by atoms with E-state index in [9.17, 15) is 9.59 Å². The van der Waals surface area contributed by atoms with E-state index in [0.29, 0.717) is 27.0 Å². The van der Waals surface area contributed by atoms with E-state index in [1.165, 1.54) is 13.0 Å². The van der Waals surface area contributed by atoms with Gasteiger partial charge in [0.2, 0.25) is 0 Å². The molecule has 0 radical (unpaired) electrons. The van der Waals surface area contributed by atoms with Crippen molar-refractivity contribution in [3.63, 3.8) is 0 Å². The van der Waals surface area contributed by atoms with Crippen LogP contribution in [-0.2, 0) is 4.79 Å². The second-order valence-corrected chi connectivity index (χ2v) is 6.66. The molecule has 0 fully saturated rings. The number of nitrogens with one attached hydrogen (secondary N) is 2. The number of hydrogen-bond donors (Lipinski definition) is 2. The van der Waals surface area contributed by atoms with Crippen LogP contribution in [0.3, 0.4) is 0 Å². The zero-order valence-corrected chi connectivity index (χ0v) is 16.3. The van der Waals surface area contributed by atoms with Gasteiger partial charge in [0, 0.05) is 16.3 Å². The highest BCUT2D eigenvalue weighted by molar-refractivity contribution is 7.80. The molecular weight excluding hydrogens is 395 g/mol. The van der Waals surface area contributed by atoms with Crippen molar-refractivity contribution in [3.05, 3.63) is 58.1 Å². The third-order valence-electron chi connectivity index (χ3n) is 3.35. The number of hydrogen-bond acceptors (Lipinski definition) is 4. The molecule has 0 aliphatic heterocycles. The first-order valence-electron chi connectivity index (χ1n) is 7.61. The summed E-state index contributed by atoms with van der Waals surface area (Å²) in [4.78, 5) is 23.5. The Balaban J connectivity index is 1.91. The average molecular weight is 411 g/mol. The molecule has 2 aromatic rings. The van der Waals surface area contributed by atoms with Crippen molar-refractivity contribution < 1.29 is 14.3 Å². The molecule has 2 N–H and O–H groups in total. The lowest BCUT2D eigenvalue weighted by molar-refractivity contribution is -0.125. The zero-order chi connectivity index (χ0) is 19.3. The van der Waals surface area contributed by atoms with Crippen molar-refractivity contribution in [2.45, 2.75) is 20.0 Å². The molecule has 0 saturated heterocycles. The fourth-order valence-corrected chi connectivity index (χ4v) is 2.65. The minimum absolute atomic E-state index is 0.0285. The normalized spacial score (nSPS) is 11.4. The van der Waals surface area contributed by atoms with Gasteiger partial charge in [-0.3, -0.25) is 14.9 Å². The van der Waals surface area contributed by atoms with Crippen LogP contribution < -0.4 is 15.4 Å². The summed E-state index contributed by atoms with van der Waals surface area (Å²) in [6.45, 7) is 3.06. The molecule has 0 heterocycles. The first-order valence-corrected chi connectivity index (χ1v) is 8.77. The lowest BCUT2D eigenvalue weighted by Crippen LogP contribution is -2.42. The second kappa shape index (κ2) is 8.98. The van der Waals surface area contributed by atoms with E-state index in [2.05, 4.69) is 10.6 Å². The van der Waals surface area contributed by atoms with E-state index >= 15 is 0 Å². The maximum absolute atomic E-state index is 12.2. The Kier molecular flexibility index (Phi) is 6.97. The molecule has 0 aliphatic rings. The van der Waals surface area contributed by atoms with E-state index < -0.39 is 12.0 Å². The standard InChI is InChI=1S/C18H16Cl2N2O3S/c1-10(23)12-3-6-14(7-4-12)21-18(26)22-17(24)11(2)25-16-8-5-13(19)9-15(16)20/h3-9,11H,1-2H3,(H2,21,22,24,26). The van der Waals surface area contributed by atoms with Gasteiger partial charge < -0.3 is 10.1 Å². The van der Waals surface area contributed by atoms with E-state index in [1.807, 2.05) is 0 Å². The smallest absolute Gasteiger partial charge is 0.266 e. The largest absolute Gasteiger partial charge is 0.479 e. The van der Waals surface area contributed by atoms with Gasteiger partial charge in [-0.15, -0.1) is 0 Å². The van der Waals surface area contributed by atoms with Gasteiger partial charge in [0.15, 0.2) is 17.0 Å². The third kappa shape index (κ3) is 5.69. The van der Waals surface area contributed by atoms with Crippen molar-refractivity contribution in [2.24, 2.45) is 0 Å². The molecule has 1 atom stereocenters. The first-order chi connectivity index (χ1) is 12.3. The predicted molar refractivity (Wildman–Crippen MR) is 107 cm³/mol. The summed E-state index contributed by atoms with van der Waals surface area (Å²) >= 11 is 17.0. The molecule has 26 heavy (non-hydrogen) atoms. The summed E-state index contributed by atoms with van der Waals surface area (Å²) in [7, 11) is 0. The van der Waals surface area contributed by atoms with Crippen molar-refractivity contribution in [1.82, 2.24) is 5.32 Å². The van der Waals surface area contributed by atoms with Crippen LogP contribution in [0.2, 0.25) is 10.0 Å². The van der Waals surface area contributed by atoms with Crippen LogP contribution in [0.25, 0.3) is 0 Å². The Morgan fingerprint density at radius 3 is 2.35 bits per heavy atom. The summed E-state index contributed by atoms with van der Waals surface area (Å²) in [5.74, 6) is -0.120. The number of benzene rings is 2. The van der Waals surface area contributed by atoms with Crippen LogP contribution in [0.15, 0.2) is 42.5 Å². The molecular formula is C18H16Cl2N2O3S. The van der Waals surface area contributed by atoms with Crippen LogP contribution >= 0.6 is 35.4 Å². The number of thiocarbonyl (C=S) groups is 1. The van der Waals surface area contributed by atoms with Crippen LogP contribution in [0.5, 0.6) is 5.75 Å². The topological polar surface area (TPSA) is 67.4 Å². The van der Waals surface area contributed by atoms with E-state index in [4.69, 9.17) is 40.2 Å². The summed E-state index contributed by atoms with van der Waals surface area (Å²) in [5, 5.41) is 6.30. The average Bonchev–Trinajstić information content (AvgIpc) is 2.57. The van der Waals surface area contributed by atoms with Crippen LogP contribution in [0.4, 0.5) is 5.69 Å². The Morgan fingerprint density at radius 1 is 1.12 bits per heavy atom. The van der Waals surface area contributed by atoms with Gasteiger partial charge in [0.05, 0.1) is 5.02 Å². The number of amides is 1. The molecule has 0 bridgehead atoms. The van der Waals surface area contributed by atoms with Gasteiger partial charge in [-0.25, -0.2) is 0 Å². The number of ketones is 1. The Hall–Kier alpha value is -2.15. The maximum atomic E-state index is 12.2. The van der Waals surface area contributed by atoms with Gasteiger partial charge >= 0.3 is 0 Å². The molecule has 1 unspecified atom stereocenters. The number of ether oxygens (including phenoxy) is 1. The molecule has 2 rings (SSSR count). The molecule has 136 valence electrons. The van der Waals surface area contributed by atoms with Gasteiger partial charge in [0.1, 0.15) is 5.75 Å². The zero-order valence-electron chi connectivity index (χ0n) is 14.0. The fraction of sp³-hybridized carbons (Fsp3) is 0.167. The van der Waals surface area contributed by atoms with Crippen LogP contribution in [0.1, 0.15) is 24.2 Å². The molecule has 0 aliphatic carbocycles. The fourth-order valence-electron chi connectivity index (χ4n) is 1.98. The Bertz CT molecular complexity index is 841. The molecule has 0 aromatic heterocycles. The van der Waals surface area contributed by atoms with Crippen molar-refractivity contribution in [2.75, 3.05) is 5.32 Å². The van der Waals surface area contributed by atoms with Gasteiger partial charge in [-0.2, -0.15) is 0 Å². The molecule has 8 heteroatoms. The van der Waals surface area contributed by atoms with Gasteiger partial charge in [0.25, 0.3) is 5.91 Å². The van der Waals surface area contributed by atoms with Crippen LogP contribution in [-0.4, -0.2) is 22.9 Å². The lowest BCUT2D eigenvalue weighted by Gasteiger charge is -2.16. The minimum atomic E-state index is -0.825.